The van der Waals surface area contributed by atoms with E-state index in [0.717, 1.165) is 34.7 Å². The summed E-state index contributed by atoms with van der Waals surface area (Å²) in [6.07, 6.45) is 0.788. The zero-order chi connectivity index (χ0) is 26.3. The molecular formula is C26H18Cl2FN3O4S. The molecule has 1 aromatic heterocycles. The second-order valence-electron chi connectivity index (χ2n) is 8.34. The number of carbonyl (C=O) groups is 1. The SMILES string of the molecule is CS(=O)(=O)NC(=O)c1cc(Cl)c(-n2nc(Cl)c3cc(OCc4ccc5ccccc5c4)ccc32)cc1F. The van der Waals surface area contributed by atoms with Gasteiger partial charge in [-0.15, -0.1) is 0 Å². The van der Waals surface area contributed by atoms with Gasteiger partial charge >= 0.3 is 0 Å². The highest BCUT2D eigenvalue weighted by atomic mass is 35.5. The molecule has 0 atom stereocenters. The summed E-state index contributed by atoms with van der Waals surface area (Å²) in [6.45, 7) is 0.343. The monoisotopic (exact) mass is 557 g/mol. The van der Waals surface area contributed by atoms with Gasteiger partial charge in [-0.05, 0) is 46.7 Å². The number of nitrogens with one attached hydrogen (secondary N) is 1. The van der Waals surface area contributed by atoms with Crippen molar-refractivity contribution in [2.24, 2.45) is 0 Å². The van der Waals surface area contributed by atoms with Crippen LogP contribution < -0.4 is 9.46 Å². The molecule has 0 unspecified atom stereocenters. The molecule has 0 bridgehead atoms. The summed E-state index contributed by atoms with van der Waals surface area (Å²) in [7, 11) is -3.88. The van der Waals surface area contributed by atoms with E-state index >= 15 is 0 Å². The number of carbonyl (C=O) groups excluding carboxylic acids is 1. The van der Waals surface area contributed by atoms with E-state index in [-0.39, 0.29) is 15.9 Å². The van der Waals surface area contributed by atoms with Crippen LogP contribution >= 0.6 is 23.2 Å². The third-order valence-corrected chi connectivity index (χ3v) is 6.75. The van der Waals surface area contributed by atoms with E-state index < -0.39 is 27.3 Å². The molecule has 0 saturated carbocycles. The Labute approximate surface area is 221 Å². The first kappa shape index (κ1) is 25.0. The third-order valence-electron chi connectivity index (χ3n) is 5.61. The van der Waals surface area contributed by atoms with Crippen LogP contribution in [0.25, 0.3) is 27.4 Å². The molecule has 0 spiro atoms. The number of ether oxygens (including phenoxy) is 1. The summed E-state index contributed by atoms with van der Waals surface area (Å²) in [6, 6.07) is 21.4. The summed E-state index contributed by atoms with van der Waals surface area (Å²) >= 11 is 12.7. The van der Waals surface area contributed by atoms with Crippen LogP contribution in [-0.4, -0.2) is 30.4 Å². The van der Waals surface area contributed by atoms with Crippen LogP contribution in [0, 0.1) is 5.82 Å². The molecule has 1 amide bonds. The van der Waals surface area contributed by atoms with Gasteiger partial charge in [0.05, 0.1) is 28.0 Å². The molecule has 0 radical (unpaired) electrons. The Morgan fingerprint density at radius 3 is 2.54 bits per heavy atom. The lowest BCUT2D eigenvalue weighted by Crippen LogP contribution is -2.30. The summed E-state index contributed by atoms with van der Waals surface area (Å²) in [5, 5.41) is 7.19. The highest BCUT2D eigenvalue weighted by Crippen LogP contribution is 2.33. The molecule has 1 heterocycles. The number of hydrogen-bond donors (Lipinski definition) is 1. The van der Waals surface area contributed by atoms with Crippen molar-refractivity contribution in [2.75, 3.05) is 6.26 Å². The average Bonchev–Trinajstić information content (AvgIpc) is 3.18. The van der Waals surface area contributed by atoms with Crippen LogP contribution in [0.15, 0.2) is 72.8 Å². The van der Waals surface area contributed by atoms with Crippen molar-refractivity contribution in [3.8, 4) is 11.4 Å². The highest BCUT2D eigenvalue weighted by molar-refractivity contribution is 7.89. The molecule has 4 aromatic carbocycles. The quantitative estimate of drug-likeness (QED) is 0.281. The lowest BCUT2D eigenvalue weighted by molar-refractivity contribution is 0.0978. The number of sulfonamides is 1. The number of hydrogen-bond acceptors (Lipinski definition) is 5. The van der Waals surface area contributed by atoms with Crippen LogP contribution in [0.3, 0.4) is 0 Å². The molecule has 0 aliphatic carbocycles. The summed E-state index contributed by atoms with van der Waals surface area (Å²) in [5.74, 6) is -1.55. The van der Waals surface area contributed by atoms with Crippen molar-refractivity contribution in [2.45, 2.75) is 6.61 Å². The van der Waals surface area contributed by atoms with Crippen molar-refractivity contribution in [3.05, 3.63) is 99.9 Å². The smallest absolute Gasteiger partial charge is 0.267 e. The summed E-state index contributed by atoms with van der Waals surface area (Å²) < 4.78 is 46.4. The van der Waals surface area contributed by atoms with Gasteiger partial charge < -0.3 is 4.74 Å². The topological polar surface area (TPSA) is 90.3 Å². The van der Waals surface area contributed by atoms with Crippen molar-refractivity contribution in [3.63, 3.8) is 0 Å². The second kappa shape index (κ2) is 9.66. The van der Waals surface area contributed by atoms with E-state index in [1.165, 1.54) is 4.68 Å². The number of amides is 1. The Morgan fingerprint density at radius 2 is 1.78 bits per heavy atom. The normalized spacial score (nSPS) is 11.7. The van der Waals surface area contributed by atoms with E-state index in [9.17, 15) is 17.6 Å². The van der Waals surface area contributed by atoms with E-state index in [2.05, 4.69) is 11.2 Å². The fourth-order valence-corrected chi connectivity index (χ4v) is 4.84. The summed E-state index contributed by atoms with van der Waals surface area (Å²) in [4.78, 5) is 12.1. The van der Waals surface area contributed by atoms with E-state index in [4.69, 9.17) is 27.9 Å². The second-order valence-corrected chi connectivity index (χ2v) is 10.9. The van der Waals surface area contributed by atoms with Crippen molar-refractivity contribution < 1.29 is 22.3 Å². The molecule has 5 aromatic rings. The van der Waals surface area contributed by atoms with Crippen LogP contribution in [-0.2, 0) is 16.6 Å². The lowest BCUT2D eigenvalue weighted by atomic mass is 10.1. The number of rotatable bonds is 6. The molecule has 0 fully saturated rings. The fourth-order valence-electron chi connectivity index (χ4n) is 3.93. The van der Waals surface area contributed by atoms with Crippen molar-refractivity contribution in [1.82, 2.24) is 14.5 Å². The van der Waals surface area contributed by atoms with Gasteiger partial charge in [0.1, 0.15) is 18.2 Å². The maximum Gasteiger partial charge on any atom is 0.267 e. The van der Waals surface area contributed by atoms with Crippen LogP contribution in [0.2, 0.25) is 10.2 Å². The largest absolute Gasteiger partial charge is 0.489 e. The van der Waals surface area contributed by atoms with Gasteiger partial charge in [-0.25, -0.2) is 22.2 Å². The zero-order valence-electron chi connectivity index (χ0n) is 19.2. The number of halogens is 3. The number of nitrogens with zero attached hydrogens (tertiary/aromatic N) is 2. The van der Waals surface area contributed by atoms with E-state index in [0.29, 0.717) is 23.3 Å². The van der Waals surface area contributed by atoms with Crippen molar-refractivity contribution in [1.29, 1.82) is 0 Å². The molecule has 7 nitrogen and oxygen atoms in total. The molecule has 0 aliphatic heterocycles. The molecule has 0 saturated heterocycles. The average molecular weight is 558 g/mol. The van der Waals surface area contributed by atoms with Crippen LogP contribution in [0.1, 0.15) is 15.9 Å². The minimum atomic E-state index is -3.88. The first-order chi connectivity index (χ1) is 17.6. The predicted molar refractivity (Wildman–Crippen MR) is 142 cm³/mol. The molecular weight excluding hydrogens is 540 g/mol. The van der Waals surface area contributed by atoms with Gasteiger partial charge in [0, 0.05) is 11.5 Å². The van der Waals surface area contributed by atoms with E-state index in [1.807, 2.05) is 36.4 Å². The molecule has 11 heteroatoms. The highest BCUT2D eigenvalue weighted by Gasteiger charge is 2.21. The maximum atomic E-state index is 14.8. The number of fused-ring (bicyclic) bond motifs is 2. The van der Waals surface area contributed by atoms with Crippen LogP contribution in [0.4, 0.5) is 4.39 Å². The third kappa shape index (κ3) is 5.24. The first-order valence-corrected chi connectivity index (χ1v) is 13.5. The Kier molecular flexibility index (Phi) is 6.53. The van der Waals surface area contributed by atoms with E-state index in [1.54, 1.807) is 22.9 Å². The molecule has 1 N–H and O–H groups in total. The Morgan fingerprint density at radius 1 is 1.03 bits per heavy atom. The number of aromatic nitrogens is 2. The minimum absolute atomic E-state index is 0.0299. The van der Waals surface area contributed by atoms with Gasteiger partial charge in [-0.2, -0.15) is 5.10 Å². The van der Waals surface area contributed by atoms with Crippen LogP contribution in [0.5, 0.6) is 5.75 Å². The maximum absolute atomic E-state index is 14.8. The van der Waals surface area contributed by atoms with Crippen molar-refractivity contribution >= 4 is 60.8 Å². The van der Waals surface area contributed by atoms with Gasteiger partial charge in [0.25, 0.3) is 5.91 Å². The molecule has 5 rings (SSSR count). The molecule has 37 heavy (non-hydrogen) atoms. The minimum Gasteiger partial charge on any atom is -0.489 e. The Balaban J connectivity index is 1.43. The van der Waals surface area contributed by atoms with Gasteiger partial charge in [0.15, 0.2) is 5.15 Å². The number of benzene rings is 4. The fraction of sp³-hybridized carbons (Fsp3) is 0.0769. The van der Waals surface area contributed by atoms with Gasteiger partial charge in [0.2, 0.25) is 10.0 Å². The predicted octanol–water partition coefficient (Wildman–Crippen LogP) is 5.89. The first-order valence-electron chi connectivity index (χ1n) is 10.9. The van der Waals surface area contributed by atoms with Gasteiger partial charge in [-0.1, -0.05) is 59.6 Å². The zero-order valence-corrected chi connectivity index (χ0v) is 21.5. The summed E-state index contributed by atoms with van der Waals surface area (Å²) in [5.41, 5.74) is 1.13. The Bertz CT molecular complexity index is 1810. The van der Waals surface area contributed by atoms with Gasteiger partial charge in [-0.3, -0.25) is 4.79 Å². The standard InChI is InChI=1S/C26H18Cl2FN3O4S/c1-37(34,35)31-26(33)19-12-21(27)24(13-22(19)29)32-23-9-8-18(11-20(23)25(28)30-32)36-14-15-6-7-16-4-2-3-5-17(16)10-15/h2-13H,14H2,1H3,(H,31,33). The Hall–Kier alpha value is -3.66. The molecule has 188 valence electrons. The lowest BCUT2D eigenvalue weighted by Gasteiger charge is -2.11. The molecule has 0 aliphatic rings.